The van der Waals surface area contributed by atoms with E-state index in [-0.39, 0.29) is 18.4 Å². The van der Waals surface area contributed by atoms with Gasteiger partial charge in [-0.05, 0) is 12.0 Å². The van der Waals surface area contributed by atoms with E-state index >= 15 is 0 Å². The van der Waals surface area contributed by atoms with Crippen LogP contribution >= 0.6 is 0 Å². The largest absolute Gasteiger partial charge is 0.358 e. The number of carbonyl (C=O) groups excluding carboxylic acids is 2. The summed E-state index contributed by atoms with van der Waals surface area (Å²) in [5, 5.41) is 9.20. The third-order valence-corrected chi connectivity index (χ3v) is 3.12. The molecule has 7 heteroatoms. The first-order valence-corrected chi connectivity index (χ1v) is 6.92. The van der Waals surface area contributed by atoms with Gasteiger partial charge in [0.25, 0.3) is 0 Å². The molecule has 0 aliphatic carbocycles. The number of nitrogens with one attached hydrogen (secondary N) is 2. The Kier molecular flexibility index (Phi) is 5.26. The summed E-state index contributed by atoms with van der Waals surface area (Å²) < 4.78 is 1.44. The van der Waals surface area contributed by atoms with Crippen molar-refractivity contribution in [3.05, 3.63) is 48.3 Å². The van der Waals surface area contributed by atoms with Gasteiger partial charge in [-0.2, -0.15) is 5.10 Å². The normalized spacial score (nSPS) is 11.7. The molecule has 22 heavy (non-hydrogen) atoms. The van der Waals surface area contributed by atoms with Crippen LogP contribution in [-0.2, 0) is 22.6 Å². The lowest BCUT2D eigenvalue weighted by atomic mass is 10.1. The second-order valence-corrected chi connectivity index (χ2v) is 4.89. The summed E-state index contributed by atoms with van der Waals surface area (Å²) in [4.78, 5) is 23.3. The summed E-state index contributed by atoms with van der Waals surface area (Å²) in [5.74, 6) is -0.454. The minimum Gasteiger partial charge on any atom is -0.358 e. The Balaban J connectivity index is 1.90. The second kappa shape index (κ2) is 7.37. The fraction of sp³-hybridized carbons (Fsp3) is 0.267. The molecule has 7 nitrogen and oxygen atoms in total. The van der Waals surface area contributed by atoms with E-state index in [0.717, 1.165) is 5.56 Å². The molecule has 0 bridgehead atoms. The Morgan fingerprint density at radius 1 is 1.32 bits per heavy atom. The number of nitrogens with zero attached hydrogens (tertiary/aromatic N) is 2. The topological polar surface area (TPSA) is 102 Å². The van der Waals surface area contributed by atoms with Crippen LogP contribution < -0.4 is 16.4 Å². The number of anilines is 1. The molecule has 2 aromatic rings. The molecule has 4 N–H and O–H groups in total. The Hall–Kier alpha value is -2.67. The zero-order valence-electron chi connectivity index (χ0n) is 12.3. The van der Waals surface area contributed by atoms with Gasteiger partial charge in [-0.3, -0.25) is 14.3 Å². The average Bonchev–Trinajstić information content (AvgIpc) is 2.95. The number of likely N-dealkylation sites (N-methyl/N-ethyl adjacent to an activating group) is 1. The van der Waals surface area contributed by atoms with Crippen molar-refractivity contribution >= 4 is 17.5 Å². The zero-order valence-corrected chi connectivity index (χ0v) is 12.3. The number of rotatable bonds is 6. The van der Waals surface area contributed by atoms with E-state index in [9.17, 15) is 9.59 Å². The maximum absolute atomic E-state index is 12.1. The smallest absolute Gasteiger partial charge is 0.241 e. The molecular weight excluding hydrogens is 282 g/mol. The predicted octanol–water partition coefficient (Wildman–Crippen LogP) is 0.138. The fourth-order valence-electron chi connectivity index (χ4n) is 1.94. The van der Waals surface area contributed by atoms with E-state index in [1.54, 1.807) is 13.2 Å². The maximum Gasteiger partial charge on any atom is 0.241 e. The summed E-state index contributed by atoms with van der Waals surface area (Å²) in [5.41, 5.74) is 7.41. The highest BCUT2D eigenvalue weighted by atomic mass is 16.2. The van der Waals surface area contributed by atoms with Gasteiger partial charge < -0.3 is 16.4 Å². The van der Waals surface area contributed by atoms with E-state index in [1.165, 1.54) is 10.9 Å². The minimum atomic E-state index is -0.648. The van der Waals surface area contributed by atoms with Gasteiger partial charge in [-0.15, -0.1) is 0 Å². The van der Waals surface area contributed by atoms with Gasteiger partial charge in [0.2, 0.25) is 11.8 Å². The number of hydrogen-bond donors (Lipinski definition) is 3. The maximum atomic E-state index is 12.1. The molecule has 1 heterocycles. The predicted molar refractivity (Wildman–Crippen MR) is 83.0 cm³/mol. The highest BCUT2D eigenvalue weighted by Crippen LogP contribution is 2.07. The number of carbonyl (C=O) groups is 2. The number of benzene rings is 1. The van der Waals surface area contributed by atoms with Gasteiger partial charge in [0.1, 0.15) is 6.54 Å². The van der Waals surface area contributed by atoms with Crippen LogP contribution in [0.4, 0.5) is 5.69 Å². The standard InChI is InChI=1S/C15H19N5O2/c1-17-14(21)10-20-9-12(8-18-20)19-15(22)13(16)7-11-5-3-2-4-6-11/h2-6,8-9,13H,7,10,16H2,1H3,(H,17,21)(H,19,22)/t13-/m0/s1. The van der Waals surface area contributed by atoms with Gasteiger partial charge in [0.15, 0.2) is 0 Å². The Morgan fingerprint density at radius 3 is 2.73 bits per heavy atom. The monoisotopic (exact) mass is 301 g/mol. The quantitative estimate of drug-likeness (QED) is 0.706. The van der Waals surface area contributed by atoms with Gasteiger partial charge in [-0.1, -0.05) is 30.3 Å². The van der Waals surface area contributed by atoms with Gasteiger partial charge in [-0.25, -0.2) is 0 Å². The average molecular weight is 301 g/mol. The Labute approximate surface area is 128 Å². The van der Waals surface area contributed by atoms with E-state index in [0.29, 0.717) is 12.1 Å². The van der Waals surface area contributed by atoms with Crippen molar-refractivity contribution in [3.8, 4) is 0 Å². The number of nitrogens with two attached hydrogens (primary N) is 1. The molecule has 0 aliphatic rings. The van der Waals surface area contributed by atoms with Crippen LogP contribution in [0.5, 0.6) is 0 Å². The summed E-state index contributed by atoms with van der Waals surface area (Å²) in [6.45, 7) is 0.0996. The third kappa shape index (κ3) is 4.42. The van der Waals surface area contributed by atoms with Gasteiger partial charge in [0.05, 0.1) is 17.9 Å². The highest BCUT2D eigenvalue weighted by Gasteiger charge is 2.15. The summed E-state index contributed by atoms with van der Waals surface area (Å²) in [7, 11) is 1.55. The van der Waals surface area contributed by atoms with Crippen LogP contribution in [0, 0.1) is 0 Å². The first-order chi connectivity index (χ1) is 10.6. The first kappa shape index (κ1) is 15.7. The van der Waals surface area contributed by atoms with Crippen molar-refractivity contribution in [2.45, 2.75) is 19.0 Å². The van der Waals surface area contributed by atoms with Crippen LogP contribution in [0.15, 0.2) is 42.7 Å². The lowest BCUT2D eigenvalue weighted by molar-refractivity contribution is -0.121. The lowest BCUT2D eigenvalue weighted by Crippen LogP contribution is -2.37. The highest BCUT2D eigenvalue weighted by molar-refractivity contribution is 5.94. The molecule has 2 amide bonds. The molecule has 0 unspecified atom stereocenters. The molecule has 0 spiro atoms. The molecule has 0 aliphatic heterocycles. The van der Waals surface area contributed by atoms with Crippen LogP contribution in [-0.4, -0.2) is 34.7 Å². The van der Waals surface area contributed by atoms with Crippen molar-refractivity contribution in [2.75, 3.05) is 12.4 Å². The van der Waals surface area contributed by atoms with E-state index in [4.69, 9.17) is 5.73 Å². The molecule has 1 aromatic carbocycles. The number of amides is 2. The molecule has 0 radical (unpaired) electrons. The van der Waals surface area contributed by atoms with E-state index < -0.39 is 6.04 Å². The molecule has 116 valence electrons. The van der Waals surface area contributed by atoms with Crippen LogP contribution in [0.25, 0.3) is 0 Å². The third-order valence-electron chi connectivity index (χ3n) is 3.12. The Bertz CT molecular complexity index is 638. The summed E-state index contributed by atoms with van der Waals surface area (Å²) in [6.07, 6.45) is 3.53. The Morgan fingerprint density at radius 2 is 2.05 bits per heavy atom. The van der Waals surface area contributed by atoms with Crippen LogP contribution in [0.2, 0.25) is 0 Å². The minimum absolute atomic E-state index is 0.0996. The molecule has 0 fully saturated rings. The molecular formula is C15H19N5O2. The number of hydrogen-bond acceptors (Lipinski definition) is 4. The fourth-order valence-corrected chi connectivity index (χ4v) is 1.94. The number of aromatic nitrogens is 2. The summed E-state index contributed by atoms with van der Waals surface area (Å²) >= 11 is 0. The van der Waals surface area contributed by atoms with Crippen molar-refractivity contribution in [1.82, 2.24) is 15.1 Å². The first-order valence-electron chi connectivity index (χ1n) is 6.92. The van der Waals surface area contributed by atoms with Crippen molar-refractivity contribution in [2.24, 2.45) is 5.73 Å². The van der Waals surface area contributed by atoms with Crippen LogP contribution in [0.1, 0.15) is 5.56 Å². The molecule has 0 saturated carbocycles. The van der Waals surface area contributed by atoms with Gasteiger partial charge in [0, 0.05) is 13.2 Å². The van der Waals surface area contributed by atoms with Crippen molar-refractivity contribution < 1.29 is 9.59 Å². The van der Waals surface area contributed by atoms with Crippen molar-refractivity contribution in [1.29, 1.82) is 0 Å². The van der Waals surface area contributed by atoms with E-state index in [2.05, 4.69) is 15.7 Å². The lowest BCUT2D eigenvalue weighted by Gasteiger charge is -2.11. The molecule has 2 rings (SSSR count). The molecule has 1 atom stereocenters. The van der Waals surface area contributed by atoms with E-state index in [1.807, 2.05) is 30.3 Å². The molecule has 0 saturated heterocycles. The summed E-state index contributed by atoms with van der Waals surface area (Å²) in [6, 6.07) is 8.93. The van der Waals surface area contributed by atoms with Crippen molar-refractivity contribution in [3.63, 3.8) is 0 Å². The van der Waals surface area contributed by atoms with Gasteiger partial charge >= 0.3 is 0 Å². The second-order valence-electron chi connectivity index (χ2n) is 4.89. The SMILES string of the molecule is CNC(=O)Cn1cc(NC(=O)[C@@H](N)Cc2ccccc2)cn1. The van der Waals surface area contributed by atoms with Crippen LogP contribution in [0.3, 0.4) is 0 Å². The zero-order chi connectivity index (χ0) is 15.9. The molecule has 1 aromatic heterocycles.